The predicted molar refractivity (Wildman–Crippen MR) is 80.1 cm³/mol. The van der Waals surface area contributed by atoms with Crippen molar-refractivity contribution in [1.82, 2.24) is 10.2 Å². The molecular weight excluding hydrogens is 278 g/mol. The Morgan fingerprint density at radius 2 is 2.15 bits per heavy atom. The van der Waals surface area contributed by atoms with Gasteiger partial charge in [-0.25, -0.2) is 0 Å². The van der Waals surface area contributed by atoms with Crippen LogP contribution in [0.4, 0.5) is 5.69 Å². The summed E-state index contributed by atoms with van der Waals surface area (Å²) in [5, 5.41) is 14.6. The van der Waals surface area contributed by atoms with E-state index in [4.69, 9.17) is 11.6 Å². The number of hydrogen-bond donors (Lipinski definition) is 1. The van der Waals surface area contributed by atoms with Crippen molar-refractivity contribution < 1.29 is 4.92 Å². The van der Waals surface area contributed by atoms with Crippen LogP contribution in [0.3, 0.4) is 0 Å². The van der Waals surface area contributed by atoms with E-state index < -0.39 is 4.92 Å². The van der Waals surface area contributed by atoms with Gasteiger partial charge in [0.05, 0.1) is 9.95 Å². The summed E-state index contributed by atoms with van der Waals surface area (Å²) < 4.78 is 0. The second kappa shape index (κ2) is 7.02. The molecule has 0 aromatic heterocycles. The first-order valence-electron chi connectivity index (χ1n) is 6.99. The largest absolute Gasteiger partial charge is 0.317 e. The normalized spacial score (nSPS) is 16.6. The standard InChI is InChI=1S/C14H20ClN3O2/c1-2-17(12-5-7-16-8-6-12)10-11-3-4-13(18(19)20)9-14(11)15/h3-4,9,12,16H,2,5-8,10H2,1H3. The van der Waals surface area contributed by atoms with E-state index in [1.165, 1.54) is 12.1 Å². The van der Waals surface area contributed by atoms with E-state index in [0.717, 1.165) is 44.6 Å². The van der Waals surface area contributed by atoms with Gasteiger partial charge in [0.2, 0.25) is 0 Å². The van der Waals surface area contributed by atoms with Gasteiger partial charge in [-0.1, -0.05) is 18.5 Å². The quantitative estimate of drug-likeness (QED) is 0.671. The summed E-state index contributed by atoms with van der Waals surface area (Å²) >= 11 is 6.17. The molecule has 1 saturated heterocycles. The van der Waals surface area contributed by atoms with E-state index in [2.05, 4.69) is 17.1 Å². The minimum absolute atomic E-state index is 0.0451. The van der Waals surface area contributed by atoms with Crippen molar-refractivity contribution in [3.8, 4) is 0 Å². The van der Waals surface area contributed by atoms with Crippen LogP contribution in [-0.4, -0.2) is 35.5 Å². The van der Waals surface area contributed by atoms with Crippen LogP contribution in [0.1, 0.15) is 25.3 Å². The van der Waals surface area contributed by atoms with E-state index in [9.17, 15) is 10.1 Å². The third-order valence-corrected chi connectivity index (χ3v) is 4.20. The fourth-order valence-electron chi connectivity index (χ4n) is 2.67. The fourth-order valence-corrected chi connectivity index (χ4v) is 2.90. The zero-order valence-electron chi connectivity index (χ0n) is 11.6. The van der Waals surface area contributed by atoms with Crippen molar-refractivity contribution in [3.63, 3.8) is 0 Å². The molecule has 0 atom stereocenters. The predicted octanol–water partition coefficient (Wildman–Crippen LogP) is 2.82. The Hall–Kier alpha value is -1.17. The van der Waals surface area contributed by atoms with Crippen LogP contribution in [0.5, 0.6) is 0 Å². The molecule has 6 heteroatoms. The fraction of sp³-hybridized carbons (Fsp3) is 0.571. The van der Waals surface area contributed by atoms with Crippen molar-refractivity contribution in [2.24, 2.45) is 0 Å². The topological polar surface area (TPSA) is 58.4 Å². The lowest BCUT2D eigenvalue weighted by Gasteiger charge is -2.34. The van der Waals surface area contributed by atoms with Gasteiger partial charge in [-0.05, 0) is 44.1 Å². The molecule has 0 spiro atoms. The maximum Gasteiger partial charge on any atom is 0.270 e. The van der Waals surface area contributed by atoms with Gasteiger partial charge in [-0.3, -0.25) is 15.0 Å². The highest BCUT2D eigenvalue weighted by Crippen LogP contribution is 2.25. The molecule has 0 aliphatic carbocycles. The van der Waals surface area contributed by atoms with Gasteiger partial charge in [-0.15, -0.1) is 0 Å². The lowest BCUT2D eigenvalue weighted by Crippen LogP contribution is -2.42. The third kappa shape index (κ3) is 3.69. The third-order valence-electron chi connectivity index (χ3n) is 3.85. The summed E-state index contributed by atoms with van der Waals surface area (Å²) in [5.74, 6) is 0. The number of nitrogens with one attached hydrogen (secondary N) is 1. The number of non-ortho nitro benzene ring substituents is 1. The van der Waals surface area contributed by atoms with Crippen LogP contribution in [-0.2, 0) is 6.54 Å². The molecule has 110 valence electrons. The summed E-state index contributed by atoms with van der Waals surface area (Å²) in [6.07, 6.45) is 2.27. The van der Waals surface area contributed by atoms with Crippen molar-refractivity contribution in [3.05, 3.63) is 38.9 Å². The highest BCUT2D eigenvalue weighted by atomic mass is 35.5. The molecule has 1 aromatic carbocycles. The van der Waals surface area contributed by atoms with E-state index in [1.54, 1.807) is 6.07 Å². The van der Waals surface area contributed by atoms with Crippen LogP contribution in [0, 0.1) is 10.1 Å². The van der Waals surface area contributed by atoms with E-state index in [-0.39, 0.29) is 5.69 Å². The van der Waals surface area contributed by atoms with Crippen LogP contribution in [0.15, 0.2) is 18.2 Å². The molecular formula is C14H20ClN3O2. The molecule has 2 rings (SSSR count). The summed E-state index contributed by atoms with van der Waals surface area (Å²) in [6.45, 7) is 5.95. The van der Waals surface area contributed by atoms with E-state index in [1.807, 2.05) is 0 Å². The molecule has 1 aliphatic rings. The number of halogens is 1. The smallest absolute Gasteiger partial charge is 0.270 e. The highest BCUT2D eigenvalue weighted by molar-refractivity contribution is 6.31. The van der Waals surface area contributed by atoms with Gasteiger partial charge in [0.15, 0.2) is 0 Å². The summed E-state index contributed by atoms with van der Waals surface area (Å²) in [7, 11) is 0. The Morgan fingerprint density at radius 3 is 2.70 bits per heavy atom. The molecule has 1 aliphatic heterocycles. The maximum atomic E-state index is 10.7. The van der Waals surface area contributed by atoms with Crippen molar-refractivity contribution in [2.45, 2.75) is 32.4 Å². The summed E-state index contributed by atoms with van der Waals surface area (Å²) in [5.41, 5.74) is 1.00. The zero-order valence-corrected chi connectivity index (χ0v) is 12.4. The van der Waals surface area contributed by atoms with Gasteiger partial charge >= 0.3 is 0 Å². The van der Waals surface area contributed by atoms with Gasteiger partial charge in [0.25, 0.3) is 5.69 Å². The maximum absolute atomic E-state index is 10.7. The Morgan fingerprint density at radius 1 is 1.45 bits per heavy atom. The second-order valence-corrected chi connectivity index (χ2v) is 5.48. The highest BCUT2D eigenvalue weighted by Gasteiger charge is 2.21. The lowest BCUT2D eigenvalue weighted by atomic mass is 10.0. The minimum Gasteiger partial charge on any atom is -0.317 e. The van der Waals surface area contributed by atoms with Gasteiger partial charge < -0.3 is 5.32 Å². The van der Waals surface area contributed by atoms with Crippen LogP contribution >= 0.6 is 11.6 Å². The first-order chi connectivity index (χ1) is 9.61. The summed E-state index contributed by atoms with van der Waals surface area (Å²) in [6, 6.07) is 5.29. The molecule has 20 heavy (non-hydrogen) atoms. The molecule has 1 aromatic rings. The average molecular weight is 298 g/mol. The van der Waals surface area contributed by atoms with Gasteiger partial charge in [-0.2, -0.15) is 0 Å². The van der Waals surface area contributed by atoms with Crippen LogP contribution in [0.25, 0.3) is 0 Å². The van der Waals surface area contributed by atoms with Crippen molar-refractivity contribution in [1.29, 1.82) is 0 Å². The van der Waals surface area contributed by atoms with Gasteiger partial charge in [0, 0.05) is 24.7 Å². The number of nitrogens with zero attached hydrogens (tertiary/aromatic N) is 2. The SMILES string of the molecule is CCN(Cc1ccc([N+](=O)[O-])cc1Cl)C1CCNCC1. The number of rotatable bonds is 5. The lowest BCUT2D eigenvalue weighted by molar-refractivity contribution is -0.384. The Bertz CT molecular complexity index is 475. The number of piperidine rings is 1. The Balaban J connectivity index is 2.08. The molecule has 0 bridgehead atoms. The number of nitro benzene ring substituents is 1. The van der Waals surface area contributed by atoms with E-state index >= 15 is 0 Å². The molecule has 0 saturated carbocycles. The van der Waals surface area contributed by atoms with Crippen LogP contribution < -0.4 is 5.32 Å². The molecule has 0 unspecified atom stereocenters. The summed E-state index contributed by atoms with van der Waals surface area (Å²) in [4.78, 5) is 12.7. The van der Waals surface area contributed by atoms with Crippen molar-refractivity contribution in [2.75, 3.05) is 19.6 Å². The monoisotopic (exact) mass is 297 g/mol. The second-order valence-electron chi connectivity index (χ2n) is 5.08. The minimum atomic E-state index is -0.417. The average Bonchev–Trinajstić information content (AvgIpc) is 2.46. The molecule has 5 nitrogen and oxygen atoms in total. The molecule has 1 heterocycles. The molecule has 1 fully saturated rings. The Kier molecular flexibility index (Phi) is 5.34. The first-order valence-corrected chi connectivity index (χ1v) is 7.37. The van der Waals surface area contributed by atoms with Gasteiger partial charge in [0.1, 0.15) is 0 Å². The van der Waals surface area contributed by atoms with E-state index in [0.29, 0.717) is 11.1 Å². The number of hydrogen-bond acceptors (Lipinski definition) is 4. The van der Waals surface area contributed by atoms with Crippen molar-refractivity contribution >= 4 is 17.3 Å². The molecule has 0 amide bonds. The molecule has 1 N–H and O–H groups in total. The first kappa shape index (κ1) is 15.2. The van der Waals surface area contributed by atoms with Crippen LogP contribution in [0.2, 0.25) is 5.02 Å². The number of nitro groups is 1. The molecule has 0 radical (unpaired) electrons. The Labute approximate surface area is 124 Å². The number of benzene rings is 1. The zero-order chi connectivity index (χ0) is 14.5.